The van der Waals surface area contributed by atoms with Crippen LogP contribution in [0.3, 0.4) is 0 Å². The first-order chi connectivity index (χ1) is 9.83. The fourth-order valence-electron chi connectivity index (χ4n) is 3.67. The minimum atomic E-state index is -0.158. The van der Waals surface area contributed by atoms with Crippen LogP contribution < -0.4 is 4.74 Å². The van der Waals surface area contributed by atoms with Gasteiger partial charge in [0.2, 0.25) is 0 Å². The monoisotopic (exact) mass is 274 g/mol. The van der Waals surface area contributed by atoms with Crippen molar-refractivity contribution in [1.29, 1.82) is 0 Å². The van der Waals surface area contributed by atoms with Crippen molar-refractivity contribution in [3.05, 3.63) is 29.8 Å². The van der Waals surface area contributed by atoms with Crippen LogP contribution in [0.5, 0.6) is 5.75 Å². The largest absolute Gasteiger partial charge is 0.490 e. The summed E-state index contributed by atoms with van der Waals surface area (Å²) in [5.74, 6) is 1.32. The molecular weight excluding hydrogens is 248 g/mol. The highest BCUT2D eigenvalue weighted by atomic mass is 16.5. The van der Waals surface area contributed by atoms with E-state index in [0.717, 1.165) is 18.6 Å². The van der Waals surface area contributed by atoms with Gasteiger partial charge in [-0.3, -0.25) is 0 Å². The zero-order valence-corrected chi connectivity index (χ0v) is 12.3. The molecule has 0 aromatic heterocycles. The van der Waals surface area contributed by atoms with E-state index >= 15 is 0 Å². The van der Waals surface area contributed by atoms with Crippen LogP contribution in [0.25, 0.3) is 0 Å². The molecular formula is C18H26O2. The topological polar surface area (TPSA) is 29.5 Å². The Balaban J connectivity index is 1.61. The van der Waals surface area contributed by atoms with Crippen LogP contribution in [-0.2, 0) is 0 Å². The van der Waals surface area contributed by atoms with Crippen LogP contribution in [0.15, 0.2) is 24.3 Å². The minimum Gasteiger partial charge on any atom is -0.490 e. The maximum Gasteiger partial charge on any atom is 0.119 e. The molecule has 0 radical (unpaired) electrons. The molecule has 2 nitrogen and oxygen atoms in total. The third kappa shape index (κ3) is 3.35. The molecule has 0 amide bonds. The quantitative estimate of drug-likeness (QED) is 0.884. The standard InChI is InChI=1S/C18H26O2/c19-18-9-5-4-8-17(18)14-10-12-16(13-11-14)20-15-6-2-1-3-7-15/h10-13,15,17-19H,1-9H2. The van der Waals surface area contributed by atoms with E-state index in [4.69, 9.17) is 4.74 Å². The normalized spacial score (nSPS) is 28.2. The fourth-order valence-corrected chi connectivity index (χ4v) is 3.67. The Morgan fingerprint density at radius 1 is 0.800 bits per heavy atom. The smallest absolute Gasteiger partial charge is 0.119 e. The molecule has 1 aromatic carbocycles. The van der Waals surface area contributed by atoms with Crippen LogP contribution in [0.4, 0.5) is 0 Å². The summed E-state index contributed by atoms with van der Waals surface area (Å²) in [6.07, 6.45) is 11.1. The van der Waals surface area contributed by atoms with Gasteiger partial charge in [-0.1, -0.05) is 31.4 Å². The van der Waals surface area contributed by atoms with E-state index in [1.165, 1.54) is 50.5 Å². The number of aliphatic hydroxyl groups is 1. The lowest BCUT2D eigenvalue weighted by Crippen LogP contribution is -2.22. The summed E-state index contributed by atoms with van der Waals surface area (Å²) in [5, 5.41) is 10.1. The van der Waals surface area contributed by atoms with Crippen molar-refractivity contribution in [2.24, 2.45) is 0 Å². The summed E-state index contributed by atoms with van der Waals surface area (Å²) in [4.78, 5) is 0. The van der Waals surface area contributed by atoms with E-state index in [1.54, 1.807) is 0 Å². The first-order valence-electron chi connectivity index (χ1n) is 8.27. The van der Waals surface area contributed by atoms with Crippen molar-refractivity contribution in [3.8, 4) is 5.75 Å². The Hall–Kier alpha value is -1.02. The highest BCUT2D eigenvalue weighted by molar-refractivity contribution is 5.30. The van der Waals surface area contributed by atoms with Crippen LogP contribution in [0, 0.1) is 0 Å². The highest BCUT2D eigenvalue weighted by Gasteiger charge is 2.24. The SMILES string of the molecule is OC1CCCCC1c1ccc(OC2CCCCC2)cc1. The Kier molecular flexibility index (Phi) is 4.62. The van der Waals surface area contributed by atoms with Gasteiger partial charge in [0.15, 0.2) is 0 Å². The van der Waals surface area contributed by atoms with Gasteiger partial charge in [0.25, 0.3) is 0 Å². The minimum absolute atomic E-state index is 0.158. The predicted molar refractivity (Wildman–Crippen MR) is 81.2 cm³/mol. The molecule has 1 aromatic rings. The molecule has 2 atom stereocenters. The molecule has 3 rings (SSSR count). The summed E-state index contributed by atoms with van der Waals surface area (Å²) in [7, 11) is 0. The van der Waals surface area contributed by atoms with Crippen molar-refractivity contribution in [2.75, 3.05) is 0 Å². The Morgan fingerprint density at radius 2 is 1.45 bits per heavy atom. The van der Waals surface area contributed by atoms with E-state index < -0.39 is 0 Å². The summed E-state index contributed by atoms with van der Waals surface area (Å²) in [5.41, 5.74) is 1.27. The van der Waals surface area contributed by atoms with E-state index in [2.05, 4.69) is 24.3 Å². The maximum atomic E-state index is 10.1. The summed E-state index contributed by atoms with van der Waals surface area (Å²) in [6.45, 7) is 0. The highest BCUT2D eigenvalue weighted by Crippen LogP contribution is 2.34. The molecule has 2 fully saturated rings. The predicted octanol–water partition coefficient (Wildman–Crippen LogP) is 4.42. The summed E-state index contributed by atoms with van der Waals surface area (Å²) in [6, 6.07) is 8.48. The molecule has 2 aliphatic rings. The van der Waals surface area contributed by atoms with Crippen molar-refractivity contribution in [2.45, 2.75) is 75.9 Å². The Bertz CT molecular complexity index is 406. The molecule has 0 bridgehead atoms. The van der Waals surface area contributed by atoms with E-state index in [-0.39, 0.29) is 6.10 Å². The van der Waals surface area contributed by atoms with E-state index in [1.807, 2.05) is 0 Å². The zero-order valence-electron chi connectivity index (χ0n) is 12.3. The maximum absolute atomic E-state index is 10.1. The van der Waals surface area contributed by atoms with Gasteiger partial charge >= 0.3 is 0 Å². The lowest BCUT2D eigenvalue weighted by Gasteiger charge is -2.28. The van der Waals surface area contributed by atoms with Gasteiger partial charge in [-0.25, -0.2) is 0 Å². The summed E-state index contributed by atoms with van der Waals surface area (Å²) < 4.78 is 6.06. The van der Waals surface area contributed by atoms with Gasteiger partial charge in [0.1, 0.15) is 5.75 Å². The number of ether oxygens (including phenoxy) is 1. The molecule has 110 valence electrons. The zero-order chi connectivity index (χ0) is 13.8. The second-order valence-corrected chi connectivity index (χ2v) is 6.41. The fraction of sp³-hybridized carbons (Fsp3) is 0.667. The molecule has 0 spiro atoms. The second kappa shape index (κ2) is 6.62. The van der Waals surface area contributed by atoms with Gasteiger partial charge in [0, 0.05) is 5.92 Å². The van der Waals surface area contributed by atoms with Crippen molar-refractivity contribution >= 4 is 0 Å². The van der Waals surface area contributed by atoms with Gasteiger partial charge in [0.05, 0.1) is 12.2 Å². The first-order valence-corrected chi connectivity index (χ1v) is 8.27. The molecule has 0 heterocycles. The van der Waals surface area contributed by atoms with Crippen LogP contribution >= 0.6 is 0 Å². The molecule has 2 heteroatoms. The van der Waals surface area contributed by atoms with Crippen LogP contribution in [0.1, 0.15) is 69.3 Å². The number of hydrogen-bond donors (Lipinski definition) is 1. The average molecular weight is 274 g/mol. The Labute approximate surface area is 122 Å². The van der Waals surface area contributed by atoms with Gasteiger partial charge in [-0.05, 0) is 56.2 Å². The molecule has 0 aliphatic heterocycles. The lowest BCUT2D eigenvalue weighted by atomic mass is 9.82. The number of rotatable bonds is 3. The van der Waals surface area contributed by atoms with Crippen molar-refractivity contribution in [3.63, 3.8) is 0 Å². The van der Waals surface area contributed by atoms with Gasteiger partial charge < -0.3 is 9.84 Å². The molecule has 2 unspecified atom stereocenters. The third-order valence-corrected chi connectivity index (χ3v) is 4.89. The molecule has 2 saturated carbocycles. The Morgan fingerprint density at radius 3 is 2.15 bits per heavy atom. The van der Waals surface area contributed by atoms with Gasteiger partial charge in [-0.2, -0.15) is 0 Å². The second-order valence-electron chi connectivity index (χ2n) is 6.41. The number of benzene rings is 1. The van der Waals surface area contributed by atoms with Crippen molar-refractivity contribution in [1.82, 2.24) is 0 Å². The lowest BCUT2D eigenvalue weighted by molar-refractivity contribution is 0.106. The van der Waals surface area contributed by atoms with Crippen LogP contribution in [0.2, 0.25) is 0 Å². The summed E-state index contributed by atoms with van der Waals surface area (Å²) >= 11 is 0. The van der Waals surface area contributed by atoms with E-state index in [9.17, 15) is 5.11 Å². The van der Waals surface area contributed by atoms with Crippen LogP contribution in [-0.4, -0.2) is 17.3 Å². The molecule has 20 heavy (non-hydrogen) atoms. The van der Waals surface area contributed by atoms with Gasteiger partial charge in [-0.15, -0.1) is 0 Å². The average Bonchev–Trinajstić information content (AvgIpc) is 2.50. The van der Waals surface area contributed by atoms with E-state index in [0.29, 0.717) is 12.0 Å². The number of aliphatic hydroxyl groups excluding tert-OH is 1. The van der Waals surface area contributed by atoms with Crippen molar-refractivity contribution < 1.29 is 9.84 Å². The molecule has 2 aliphatic carbocycles. The molecule has 0 saturated heterocycles. The first kappa shape index (κ1) is 13.9. The molecule has 1 N–H and O–H groups in total. The number of hydrogen-bond acceptors (Lipinski definition) is 2. The third-order valence-electron chi connectivity index (χ3n) is 4.89.